The molecule has 8 nitrogen and oxygen atoms in total. The number of nitrogens with zero attached hydrogens (tertiary/aromatic N) is 8. The topological polar surface area (TPSA) is 88.4 Å². The normalized spacial score (nSPS) is 15.2. The minimum absolute atomic E-state index is 0.365. The van der Waals surface area contributed by atoms with E-state index in [1.54, 1.807) is 18.5 Å². The Morgan fingerprint density at radius 3 is 2.77 bits per heavy atom. The van der Waals surface area contributed by atoms with Gasteiger partial charge in [-0.1, -0.05) is 0 Å². The van der Waals surface area contributed by atoms with Gasteiger partial charge < -0.3 is 9.47 Å². The number of hydrogen-bond donors (Lipinski definition) is 0. The Morgan fingerprint density at radius 2 is 2.04 bits per heavy atom. The molecule has 1 aliphatic heterocycles. The van der Waals surface area contributed by atoms with Gasteiger partial charge >= 0.3 is 0 Å². The van der Waals surface area contributed by atoms with E-state index in [0.29, 0.717) is 18.0 Å². The molecule has 3 aromatic rings. The van der Waals surface area contributed by atoms with Gasteiger partial charge in [0.25, 0.3) is 0 Å². The molecule has 132 valence electrons. The third-order valence-electron chi connectivity index (χ3n) is 4.93. The van der Waals surface area contributed by atoms with Crippen molar-refractivity contribution < 1.29 is 0 Å². The molecule has 1 saturated heterocycles. The molecule has 0 unspecified atom stereocenters. The van der Waals surface area contributed by atoms with Gasteiger partial charge in [-0.3, -0.25) is 4.68 Å². The Bertz CT molecular complexity index is 913. The maximum absolute atomic E-state index is 9.28. The molecule has 26 heavy (non-hydrogen) atoms. The Labute approximate surface area is 151 Å². The summed E-state index contributed by atoms with van der Waals surface area (Å²) in [4.78, 5) is 6.59. The second-order valence-electron chi connectivity index (χ2n) is 6.48. The van der Waals surface area contributed by atoms with Gasteiger partial charge in [0, 0.05) is 44.6 Å². The molecule has 0 amide bonds. The fourth-order valence-electron chi connectivity index (χ4n) is 3.49. The number of piperidine rings is 1. The van der Waals surface area contributed by atoms with Crippen LogP contribution in [0.5, 0.6) is 0 Å². The average Bonchev–Trinajstić information content (AvgIpc) is 3.33. The zero-order valence-corrected chi connectivity index (χ0v) is 14.7. The Morgan fingerprint density at radius 1 is 1.19 bits per heavy atom. The number of aromatic nitrogens is 6. The smallest absolute Gasteiger partial charge is 0.154 e. The van der Waals surface area contributed by atoms with Crippen LogP contribution in [0.25, 0.3) is 0 Å². The Kier molecular flexibility index (Phi) is 4.35. The first kappa shape index (κ1) is 16.3. The summed E-state index contributed by atoms with van der Waals surface area (Å²) in [6.07, 6.45) is 7.36. The highest BCUT2D eigenvalue weighted by Gasteiger charge is 2.26. The fraction of sp³-hybridized carbons (Fsp3) is 0.389. The molecule has 8 heteroatoms. The van der Waals surface area contributed by atoms with Gasteiger partial charge in [-0.25, -0.2) is 4.98 Å². The monoisotopic (exact) mass is 348 g/mol. The third kappa shape index (κ3) is 3.04. The molecule has 0 spiro atoms. The first-order valence-electron chi connectivity index (χ1n) is 8.72. The summed E-state index contributed by atoms with van der Waals surface area (Å²) in [6, 6.07) is 7.75. The number of anilines is 1. The van der Waals surface area contributed by atoms with Crippen molar-refractivity contribution in [3.05, 3.63) is 54.0 Å². The minimum atomic E-state index is 0.365. The van der Waals surface area contributed by atoms with Gasteiger partial charge in [0.05, 0.1) is 5.56 Å². The summed E-state index contributed by atoms with van der Waals surface area (Å²) >= 11 is 0. The third-order valence-corrected chi connectivity index (χ3v) is 4.93. The molecule has 1 aliphatic rings. The van der Waals surface area contributed by atoms with Crippen LogP contribution in [0, 0.1) is 11.3 Å². The van der Waals surface area contributed by atoms with Crippen molar-refractivity contribution in [3.8, 4) is 6.07 Å². The Balaban J connectivity index is 1.45. The van der Waals surface area contributed by atoms with Gasteiger partial charge in [0.2, 0.25) is 0 Å². The highest BCUT2D eigenvalue weighted by Crippen LogP contribution is 2.30. The first-order valence-corrected chi connectivity index (χ1v) is 8.72. The molecule has 4 heterocycles. The van der Waals surface area contributed by atoms with E-state index in [1.807, 2.05) is 30.1 Å². The second-order valence-corrected chi connectivity index (χ2v) is 6.48. The van der Waals surface area contributed by atoms with E-state index < -0.39 is 0 Å². The quantitative estimate of drug-likeness (QED) is 0.713. The van der Waals surface area contributed by atoms with Gasteiger partial charge in [-0.05, 0) is 31.0 Å². The van der Waals surface area contributed by atoms with Crippen molar-refractivity contribution in [1.82, 2.24) is 29.5 Å². The van der Waals surface area contributed by atoms with E-state index in [9.17, 15) is 5.26 Å². The highest BCUT2D eigenvalue weighted by atomic mass is 15.3. The molecule has 0 bridgehead atoms. The predicted molar refractivity (Wildman–Crippen MR) is 95.5 cm³/mol. The van der Waals surface area contributed by atoms with Crippen molar-refractivity contribution in [2.75, 3.05) is 18.0 Å². The Hall–Kier alpha value is -3.21. The van der Waals surface area contributed by atoms with Crippen molar-refractivity contribution >= 4 is 5.82 Å². The van der Waals surface area contributed by atoms with Crippen LogP contribution in [0.3, 0.4) is 0 Å². The van der Waals surface area contributed by atoms with Crippen LogP contribution in [-0.4, -0.2) is 42.6 Å². The maximum atomic E-state index is 9.28. The highest BCUT2D eigenvalue weighted by molar-refractivity contribution is 5.53. The number of pyridine rings is 1. The van der Waals surface area contributed by atoms with Crippen LogP contribution in [0.1, 0.15) is 36.0 Å². The van der Waals surface area contributed by atoms with Crippen LogP contribution in [0.4, 0.5) is 5.82 Å². The van der Waals surface area contributed by atoms with Crippen LogP contribution in [-0.2, 0) is 13.6 Å². The number of hydrogen-bond acceptors (Lipinski definition) is 6. The molecule has 3 aromatic heterocycles. The largest absolute Gasteiger partial charge is 0.355 e. The van der Waals surface area contributed by atoms with E-state index in [0.717, 1.165) is 43.4 Å². The number of nitriles is 1. The van der Waals surface area contributed by atoms with Crippen LogP contribution in [0.15, 0.2) is 36.8 Å². The predicted octanol–water partition coefficient (Wildman–Crippen LogP) is 1.71. The van der Waals surface area contributed by atoms with Crippen LogP contribution < -0.4 is 4.90 Å². The molecule has 0 atom stereocenters. The molecule has 1 fully saturated rings. The van der Waals surface area contributed by atoms with E-state index in [1.165, 1.54) is 0 Å². The molecule has 0 aromatic carbocycles. The zero-order chi connectivity index (χ0) is 17.9. The van der Waals surface area contributed by atoms with E-state index >= 15 is 0 Å². The second kappa shape index (κ2) is 6.96. The first-order chi connectivity index (χ1) is 12.8. The van der Waals surface area contributed by atoms with E-state index in [4.69, 9.17) is 0 Å². The lowest BCUT2D eigenvalue weighted by Crippen LogP contribution is -2.34. The van der Waals surface area contributed by atoms with Crippen LogP contribution in [0.2, 0.25) is 0 Å². The number of rotatable bonds is 4. The van der Waals surface area contributed by atoms with Gasteiger partial charge in [0.15, 0.2) is 5.82 Å². The van der Waals surface area contributed by atoms with Crippen molar-refractivity contribution in [1.29, 1.82) is 5.26 Å². The van der Waals surface area contributed by atoms with E-state index in [-0.39, 0.29) is 0 Å². The molecular weight excluding hydrogens is 328 g/mol. The molecule has 0 aliphatic carbocycles. The van der Waals surface area contributed by atoms with Crippen molar-refractivity contribution in [2.24, 2.45) is 7.05 Å². The summed E-state index contributed by atoms with van der Waals surface area (Å²) < 4.78 is 3.93. The molecule has 0 radical (unpaired) electrons. The maximum Gasteiger partial charge on any atom is 0.154 e. The van der Waals surface area contributed by atoms with Crippen molar-refractivity contribution in [3.63, 3.8) is 0 Å². The van der Waals surface area contributed by atoms with Gasteiger partial charge in [-0.15, -0.1) is 10.2 Å². The lowest BCUT2D eigenvalue weighted by Gasteiger charge is -2.32. The van der Waals surface area contributed by atoms with Crippen molar-refractivity contribution in [2.45, 2.75) is 25.3 Å². The summed E-state index contributed by atoms with van der Waals surface area (Å²) in [6.45, 7) is 2.34. The standard InChI is InChI=1S/C18H20N8/c1-24-16(13-26-9-3-8-21-26)22-23-18(24)14-5-10-25(11-6-14)17-15(12-19)4-2-7-20-17/h2-4,7-9,14H,5-6,10-11,13H2,1H3. The summed E-state index contributed by atoms with van der Waals surface area (Å²) in [5.41, 5.74) is 0.631. The molecule has 0 saturated carbocycles. The fourth-order valence-corrected chi connectivity index (χ4v) is 3.49. The molecule has 0 N–H and O–H groups in total. The summed E-state index contributed by atoms with van der Waals surface area (Å²) in [5.74, 6) is 3.08. The minimum Gasteiger partial charge on any atom is -0.355 e. The van der Waals surface area contributed by atoms with Gasteiger partial charge in [-0.2, -0.15) is 10.4 Å². The lowest BCUT2D eigenvalue weighted by atomic mass is 9.95. The van der Waals surface area contributed by atoms with Crippen LogP contribution >= 0.6 is 0 Å². The average molecular weight is 348 g/mol. The lowest BCUT2D eigenvalue weighted by molar-refractivity contribution is 0.469. The zero-order valence-electron chi connectivity index (χ0n) is 14.7. The summed E-state index contributed by atoms with van der Waals surface area (Å²) in [5, 5.41) is 22.3. The molecule has 4 rings (SSSR count). The summed E-state index contributed by atoms with van der Waals surface area (Å²) in [7, 11) is 2.02. The van der Waals surface area contributed by atoms with E-state index in [2.05, 4.69) is 35.8 Å². The SMILES string of the molecule is Cn1c(Cn2cccn2)nnc1C1CCN(c2ncccc2C#N)CC1. The molecular formula is C18H20N8. The van der Waals surface area contributed by atoms with Gasteiger partial charge in [0.1, 0.15) is 24.3 Å².